The van der Waals surface area contributed by atoms with E-state index in [9.17, 15) is 23.2 Å². The SMILES string of the molecule is Cc1cc(NC(=O)C2CCN(C(=O)c3ccc(F)cc3F)CC2)ccc1N1CCCC1=O. The highest BCUT2D eigenvalue weighted by Crippen LogP contribution is 2.28. The van der Waals surface area contributed by atoms with Gasteiger partial charge in [0.1, 0.15) is 11.6 Å². The summed E-state index contributed by atoms with van der Waals surface area (Å²) < 4.78 is 27.0. The Morgan fingerprint density at radius 2 is 1.78 bits per heavy atom. The van der Waals surface area contributed by atoms with Crippen molar-refractivity contribution >= 4 is 29.1 Å². The molecule has 2 saturated heterocycles. The highest BCUT2D eigenvalue weighted by molar-refractivity contribution is 5.97. The van der Waals surface area contributed by atoms with Crippen LogP contribution < -0.4 is 10.2 Å². The van der Waals surface area contributed by atoms with Crippen LogP contribution in [0.4, 0.5) is 20.2 Å². The zero-order valence-electron chi connectivity index (χ0n) is 17.9. The molecule has 32 heavy (non-hydrogen) atoms. The first-order chi connectivity index (χ1) is 15.3. The van der Waals surface area contributed by atoms with Crippen molar-refractivity contribution in [3.05, 3.63) is 59.2 Å². The van der Waals surface area contributed by atoms with E-state index in [1.165, 1.54) is 4.90 Å². The zero-order valence-corrected chi connectivity index (χ0v) is 17.9. The minimum absolute atomic E-state index is 0.117. The first-order valence-corrected chi connectivity index (χ1v) is 10.8. The number of hydrogen-bond donors (Lipinski definition) is 1. The van der Waals surface area contributed by atoms with E-state index in [-0.39, 0.29) is 23.3 Å². The third-order valence-electron chi connectivity index (χ3n) is 6.14. The quantitative estimate of drug-likeness (QED) is 0.783. The minimum atomic E-state index is -0.885. The number of likely N-dealkylation sites (tertiary alicyclic amines) is 1. The van der Waals surface area contributed by atoms with E-state index in [0.29, 0.717) is 50.7 Å². The smallest absolute Gasteiger partial charge is 0.256 e. The van der Waals surface area contributed by atoms with Crippen molar-refractivity contribution < 1.29 is 23.2 Å². The van der Waals surface area contributed by atoms with E-state index in [0.717, 1.165) is 29.8 Å². The Bertz CT molecular complexity index is 1060. The van der Waals surface area contributed by atoms with Crippen LogP contribution in [-0.2, 0) is 9.59 Å². The summed E-state index contributed by atoms with van der Waals surface area (Å²) in [5.74, 6) is -2.39. The van der Waals surface area contributed by atoms with Crippen molar-refractivity contribution in [1.29, 1.82) is 0 Å². The summed E-state index contributed by atoms with van der Waals surface area (Å²) in [4.78, 5) is 40.5. The number of aryl methyl sites for hydroxylation is 1. The Labute approximate surface area is 185 Å². The summed E-state index contributed by atoms with van der Waals surface area (Å²) >= 11 is 0. The van der Waals surface area contributed by atoms with Gasteiger partial charge in [0.15, 0.2) is 0 Å². The molecule has 2 aromatic carbocycles. The third kappa shape index (κ3) is 4.49. The van der Waals surface area contributed by atoms with E-state index in [1.54, 1.807) is 11.0 Å². The monoisotopic (exact) mass is 441 g/mol. The number of piperidine rings is 1. The number of nitrogens with one attached hydrogen (secondary N) is 1. The summed E-state index contributed by atoms with van der Waals surface area (Å²) in [7, 11) is 0. The third-order valence-corrected chi connectivity index (χ3v) is 6.14. The maximum atomic E-state index is 13.9. The van der Waals surface area contributed by atoms with Gasteiger partial charge in [-0.1, -0.05) is 0 Å². The van der Waals surface area contributed by atoms with Crippen molar-refractivity contribution in [2.24, 2.45) is 5.92 Å². The summed E-state index contributed by atoms with van der Waals surface area (Å²) in [5, 5.41) is 2.93. The van der Waals surface area contributed by atoms with Crippen LogP contribution in [0.1, 0.15) is 41.6 Å². The molecule has 1 N–H and O–H groups in total. The normalized spacial score (nSPS) is 17.0. The number of benzene rings is 2. The second-order valence-corrected chi connectivity index (χ2v) is 8.33. The van der Waals surface area contributed by atoms with Gasteiger partial charge >= 0.3 is 0 Å². The van der Waals surface area contributed by atoms with E-state index in [4.69, 9.17) is 0 Å². The molecule has 3 amide bonds. The number of rotatable bonds is 4. The second kappa shape index (κ2) is 9.06. The Morgan fingerprint density at radius 1 is 1.03 bits per heavy atom. The van der Waals surface area contributed by atoms with Crippen molar-refractivity contribution in [1.82, 2.24) is 4.90 Å². The average molecular weight is 441 g/mol. The summed E-state index contributed by atoms with van der Waals surface area (Å²) in [6, 6.07) is 8.40. The zero-order chi connectivity index (χ0) is 22.8. The number of nitrogens with zero attached hydrogens (tertiary/aromatic N) is 2. The van der Waals surface area contributed by atoms with Gasteiger partial charge in [-0.25, -0.2) is 8.78 Å². The molecular weight excluding hydrogens is 416 g/mol. The first kappa shape index (κ1) is 21.9. The second-order valence-electron chi connectivity index (χ2n) is 8.33. The van der Waals surface area contributed by atoms with Gasteiger partial charge in [0.2, 0.25) is 11.8 Å². The van der Waals surface area contributed by atoms with E-state index in [2.05, 4.69) is 5.32 Å². The number of carbonyl (C=O) groups is 3. The predicted molar refractivity (Wildman–Crippen MR) is 116 cm³/mol. The molecule has 2 fully saturated rings. The molecule has 2 aliphatic rings. The van der Waals surface area contributed by atoms with Crippen LogP contribution in [0.15, 0.2) is 36.4 Å². The molecule has 0 radical (unpaired) electrons. The molecule has 0 bridgehead atoms. The van der Waals surface area contributed by atoms with Gasteiger partial charge in [0, 0.05) is 49.4 Å². The van der Waals surface area contributed by atoms with Crippen LogP contribution in [0.2, 0.25) is 0 Å². The highest BCUT2D eigenvalue weighted by Gasteiger charge is 2.29. The number of halogens is 2. The van der Waals surface area contributed by atoms with Crippen LogP contribution >= 0.6 is 0 Å². The van der Waals surface area contributed by atoms with Crippen LogP contribution in [0.25, 0.3) is 0 Å². The fourth-order valence-electron chi connectivity index (χ4n) is 4.36. The summed E-state index contributed by atoms with van der Waals surface area (Å²) in [6.07, 6.45) is 2.33. The van der Waals surface area contributed by atoms with Gasteiger partial charge in [0.25, 0.3) is 5.91 Å². The number of hydrogen-bond acceptors (Lipinski definition) is 3. The fraction of sp³-hybridized carbons (Fsp3) is 0.375. The molecule has 0 aliphatic carbocycles. The first-order valence-electron chi connectivity index (χ1n) is 10.8. The van der Waals surface area contributed by atoms with Crippen LogP contribution in [0.5, 0.6) is 0 Å². The van der Waals surface area contributed by atoms with Gasteiger partial charge in [-0.2, -0.15) is 0 Å². The average Bonchev–Trinajstić information content (AvgIpc) is 3.19. The maximum absolute atomic E-state index is 13.9. The van der Waals surface area contributed by atoms with E-state index < -0.39 is 17.5 Å². The molecule has 4 rings (SSSR count). The van der Waals surface area contributed by atoms with Gasteiger partial charge in [-0.3, -0.25) is 14.4 Å². The van der Waals surface area contributed by atoms with E-state index >= 15 is 0 Å². The lowest BCUT2D eigenvalue weighted by Gasteiger charge is -2.31. The van der Waals surface area contributed by atoms with Crippen LogP contribution in [0, 0.1) is 24.5 Å². The molecule has 2 aromatic rings. The van der Waals surface area contributed by atoms with Gasteiger partial charge in [0.05, 0.1) is 5.56 Å². The molecule has 8 heteroatoms. The standard InChI is InChI=1S/C24H25F2N3O3/c1-15-13-18(5-7-21(15)29-10-2-3-22(29)30)27-23(31)16-8-11-28(12-9-16)24(32)19-6-4-17(25)14-20(19)26/h4-7,13-14,16H,2-3,8-12H2,1H3,(H,27,31). The Balaban J connectivity index is 1.34. The molecule has 0 unspecified atom stereocenters. The predicted octanol–water partition coefficient (Wildman–Crippen LogP) is 3.89. The number of carbonyl (C=O) groups excluding carboxylic acids is 3. The Hall–Kier alpha value is -3.29. The van der Waals surface area contributed by atoms with Crippen LogP contribution in [0.3, 0.4) is 0 Å². The molecule has 0 saturated carbocycles. The van der Waals surface area contributed by atoms with Crippen molar-refractivity contribution in [3.8, 4) is 0 Å². The molecule has 6 nitrogen and oxygen atoms in total. The van der Waals surface area contributed by atoms with Gasteiger partial charge < -0.3 is 15.1 Å². The molecule has 168 valence electrons. The molecule has 2 aliphatic heterocycles. The van der Waals surface area contributed by atoms with E-state index in [1.807, 2.05) is 19.1 Å². The lowest BCUT2D eigenvalue weighted by molar-refractivity contribution is -0.121. The van der Waals surface area contributed by atoms with Gasteiger partial charge in [-0.05, 0) is 62.1 Å². The maximum Gasteiger partial charge on any atom is 0.256 e. The topological polar surface area (TPSA) is 69.7 Å². The molecule has 0 spiro atoms. The largest absolute Gasteiger partial charge is 0.339 e. The van der Waals surface area contributed by atoms with Crippen molar-refractivity contribution in [3.63, 3.8) is 0 Å². The molecular formula is C24H25F2N3O3. The van der Waals surface area contributed by atoms with Crippen molar-refractivity contribution in [2.45, 2.75) is 32.6 Å². The summed E-state index contributed by atoms with van der Waals surface area (Å²) in [6.45, 7) is 3.27. The highest BCUT2D eigenvalue weighted by atomic mass is 19.1. The Morgan fingerprint density at radius 3 is 2.41 bits per heavy atom. The lowest BCUT2D eigenvalue weighted by Crippen LogP contribution is -2.41. The van der Waals surface area contributed by atoms with Gasteiger partial charge in [-0.15, -0.1) is 0 Å². The molecule has 0 aromatic heterocycles. The minimum Gasteiger partial charge on any atom is -0.339 e. The molecule has 0 atom stereocenters. The Kier molecular flexibility index (Phi) is 6.21. The molecule has 2 heterocycles. The van der Waals surface area contributed by atoms with Crippen LogP contribution in [-0.4, -0.2) is 42.3 Å². The number of anilines is 2. The lowest BCUT2D eigenvalue weighted by atomic mass is 9.95. The fourth-order valence-corrected chi connectivity index (χ4v) is 4.36. The summed E-state index contributed by atoms with van der Waals surface area (Å²) in [5.41, 5.74) is 2.28. The number of amides is 3. The van der Waals surface area contributed by atoms with Crippen molar-refractivity contribution in [2.75, 3.05) is 29.9 Å².